The summed E-state index contributed by atoms with van der Waals surface area (Å²) in [5, 5.41) is 8.98. The molecule has 0 heterocycles. The highest BCUT2D eigenvalue weighted by Gasteiger charge is 2.15. The van der Waals surface area contributed by atoms with E-state index in [0.717, 1.165) is 19.3 Å². The molecular formula is C18H35NO4. The normalized spacial score (nSPS) is 12.1. The predicted molar refractivity (Wildman–Crippen MR) is 91.6 cm³/mol. The highest BCUT2D eigenvalue weighted by Crippen LogP contribution is 2.13. The van der Waals surface area contributed by atoms with Crippen molar-refractivity contribution in [2.45, 2.75) is 103 Å². The van der Waals surface area contributed by atoms with Crippen molar-refractivity contribution in [3.63, 3.8) is 0 Å². The second-order valence-corrected chi connectivity index (χ2v) is 6.24. The number of unbranched alkanes of at least 4 members (excludes halogenated alkanes) is 12. The van der Waals surface area contributed by atoms with E-state index in [1.54, 1.807) is 0 Å². The zero-order chi connectivity index (χ0) is 17.3. The smallest absolute Gasteiger partial charge is 0.308 e. The number of esters is 1. The Balaban J connectivity index is 3.21. The Bertz CT molecular complexity index is 307. The van der Waals surface area contributed by atoms with Crippen LogP contribution in [0, 0.1) is 0 Å². The topological polar surface area (TPSA) is 89.6 Å². The van der Waals surface area contributed by atoms with Crippen molar-refractivity contribution in [2.75, 3.05) is 0 Å². The lowest BCUT2D eigenvalue weighted by Gasteiger charge is -2.08. The fourth-order valence-corrected chi connectivity index (χ4v) is 2.53. The maximum absolute atomic E-state index is 11.3. The molecule has 3 N–H and O–H groups in total. The number of aliphatic hydroxyl groups is 1. The van der Waals surface area contributed by atoms with Gasteiger partial charge in [-0.2, -0.15) is 0 Å². The number of nitrogens with two attached hydrogens (primary N) is 1. The van der Waals surface area contributed by atoms with Gasteiger partial charge in [0.2, 0.25) is 0 Å². The highest BCUT2D eigenvalue weighted by molar-refractivity contribution is 5.80. The van der Waals surface area contributed by atoms with Crippen LogP contribution in [-0.2, 0) is 14.3 Å². The van der Waals surface area contributed by atoms with E-state index in [1.165, 1.54) is 64.2 Å². The van der Waals surface area contributed by atoms with Gasteiger partial charge in [-0.1, -0.05) is 84.0 Å². The van der Waals surface area contributed by atoms with E-state index in [-0.39, 0.29) is 6.42 Å². The van der Waals surface area contributed by atoms with Crippen LogP contribution in [0.25, 0.3) is 0 Å². The van der Waals surface area contributed by atoms with Crippen LogP contribution in [0.4, 0.5) is 0 Å². The van der Waals surface area contributed by atoms with E-state index in [1.807, 2.05) is 0 Å². The minimum absolute atomic E-state index is 0.224. The van der Waals surface area contributed by atoms with Crippen molar-refractivity contribution in [1.82, 2.24) is 0 Å². The van der Waals surface area contributed by atoms with Crippen LogP contribution in [0.1, 0.15) is 96.8 Å². The lowest BCUT2D eigenvalue weighted by molar-refractivity contribution is -0.175. The number of aliphatic hydroxyl groups excluding tert-OH is 1. The summed E-state index contributed by atoms with van der Waals surface area (Å²) < 4.78 is 4.46. The standard InChI is InChI=1S/C18H35NO4/c1-2-3-4-5-6-7-8-9-10-11-12-13-14-15-16(20)23-18(22)17(19)21/h18,22H,2-15H2,1H3,(H2,19,21). The van der Waals surface area contributed by atoms with Gasteiger partial charge in [-0.05, 0) is 6.42 Å². The second-order valence-electron chi connectivity index (χ2n) is 6.24. The monoisotopic (exact) mass is 329 g/mol. The lowest BCUT2D eigenvalue weighted by Crippen LogP contribution is -2.32. The molecule has 0 saturated carbocycles. The van der Waals surface area contributed by atoms with Crippen LogP contribution in [-0.4, -0.2) is 23.3 Å². The Kier molecular flexibility index (Phi) is 15.0. The average Bonchev–Trinajstić information content (AvgIpc) is 2.51. The number of carbonyl (C=O) groups excluding carboxylic acids is 2. The van der Waals surface area contributed by atoms with Crippen molar-refractivity contribution in [3.8, 4) is 0 Å². The summed E-state index contributed by atoms with van der Waals surface area (Å²) in [4.78, 5) is 21.8. The summed E-state index contributed by atoms with van der Waals surface area (Å²) in [6, 6.07) is 0. The second kappa shape index (κ2) is 15.8. The van der Waals surface area contributed by atoms with Gasteiger partial charge in [0.25, 0.3) is 12.2 Å². The largest absolute Gasteiger partial charge is 0.426 e. The molecule has 0 saturated heterocycles. The molecule has 0 aromatic heterocycles. The Morgan fingerprint density at radius 3 is 1.61 bits per heavy atom. The molecule has 5 heteroatoms. The minimum Gasteiger partial charge on any atom is -0.426 e. The maximum atomic E-state index is 11.3. The molecule has 0 bridgehead atoms. The van der Waals surface area contributed by atoms with Crippen molar-refractivity contribution in [2.24, 2.45) is 5.73 Å². The highest BCUT2D eigenvalue weighted by atomic mass is 16.6. The molecule has 0 spiro atoms. The van der Waals surface area contributed by atoms with Crippen LogP contribution in [0.3, 0.4) is 0 Å². The fourth-order valence-electron chi connectivity index (χ4n) is 2.53. The zero-order valence-corrected chi connectivity index (χ0v) is 14.7. The van der Waals surface area contributed by atoms with Gasteiger partial charge >= 0.3 is 5.97 Å². The van der Waals surface area contributed by atoms with Gasteiger partial charge in [-0.15, -0.1) is 0 Å². The van der Waals surface area contributed by atoms with E-state index in [4.69, 9.17) is 10.8 Å². The number of carbonyl (C=O) groups is 2. The quantitative estimate of drug-likeness (QED) is 0.256. The molecule has 0 rings (SSSR count). The van der Waals surface area contributed by atoms with Gasteiger partial charge in [0, 0.05) is 6.42 Å². The van der Waals surface area contributed by atoms with Gasteiger partial charge in [-0.25, -0.2) is 0 Å². The first kappa shape index (κ1) is 21.9. The summed E-state index contributed by atoms with van der Waals surface area (Å²) in [5.74, 6) is -1.61. The first-order valence-corrected chi connectivity index (χ1v) is 9.24. The van der Waals surface area contributed by atoms with Crippen LogP contribution in [0.15, 0.2) is 0 Å². The number of ether oxygens (including phenoxy) is 1. The molecule has 0 aromatic carbocycles. The molecule has 1 atom stereocenters. The number of rotatable bonds is 16. The van der Waals surface area contributed by atoms with Gasteiger partial charge in [0.15, 0.2) is 0 Å². The Morgan fingerprint density at radius 2 is 1.22 bits per heavy atom. The SMILES string of the molecule is CCCCCCCCCCCCCCCC(=O)OC(O)C(N)=O. The van der Waals surface area contributed by atoms with Gasteiger partial charge in [0.05, 0.1) is 0 Å². The van der Waals surface area contributed by atoms with E-state index >= 15 is 0 Å². The molecule has 23 heavy (non-hydrogen) atoms. The summed E-state index contributed by atoms with van der Waals surface area (Å²) in [5.41, 5.74) is 4.79. The molecule has 0 aromatic rings. The van der Waals surface area contributed by atoms with Crippen LogP contribution < -0.4 is 5.73 Å². The molecule has 1 amide bonds. The summed E-state index contributed by atoms with van der Waals surface area (Å²) >= 11 is 0. The van der Waals surface area contributed by atoms with Crippen LogP contribution in [0.5, 0.6) is 0 Å². The number of hydrogen-bond donors (Lipinski definition) is 2. The molecule has 0 radical (unpaired) electrons. The summed E-state index contributed by atoms with van der Waals surface area (Å²) in [6.45, 7) is 2.24. The number of hydrogen-bond acceptors (Lipinski definition) is 4. The Labute approximate surface area is 141 Å². The first-order valence-electron chi connectivity index (χ1n) is 9.24. The molecule has 0 aliphatic heterocycles. The third kappa shape index (κ3) is 15.6. The van der Waals surface area contributed by atoms with E-state index in [0.29, 0.717) is 0 Å². The van der Waals surface area contributed by atoms with E-state index in [9.17, 15) is 9.59 Å². The lowest BCUT2D eigenvalue weighted by atomic mass is 10.0. The minimum atomic E-state index is -1.82. The summed E-state index contributed by atoms with van der Waals surface area (Å²) in [6.07, 6.45) is 14.5. The molecular weight excluding hydrogens is 294 g/mol. The van der Waals surface area contributed by atoms with Crippen molar-refractivity contribution in [3.05, 3.63) is 0 Å². The fraction of sp³-hybridized carbons (Fsp3) is 0.889. The zero-order valence-electron chi connectivity index (χ0n) is 14.7. The number of primary amides is 1. The number of amides is 1. The van der Waals surface area contributed by atoms with Gasteiger partial charge in [-0.3, -0.25) is 9.59 Å². The van der Waals surface area contributed by atoms with Crippen molar-refractivity contribution >= 4 is 11.9 Å². The molecule has 5 nitrogen and oxygen atoms in total. The van der Waals surface area contributed by atoms with Gasteiger partial charge in [0.1, 0.15) is 0 Å². The maximum Gasteiger partial charge on any atom is 0.308 e. The first-order chi connectivity index (χ1) is 11.1. The van der Waals surface area contributed by atoms with E-state index in [2.05, 4.69) is 11.7 Å². The van der Waals surface area contributed by atoms with Crippen molar-refractivity contribution in [1.29, 1.82) is 0 Å². The molecule has 1 unspecified atom stereocenters. The van der Waals surface area contributed by atoms with Crippen LogP contribution in [0.2, 0.25) is 0 Å². The van der Waals surface area contributed by atoms with Gasteiger partial charge < -0.3 is 15.6 Å². The predicted octanol–water partition coefficient (Wildman–Crippen LogP) is 3.81. The Hall–Kier alpha value is -1.10. The third-order valence-electron chi connectivity index (χ3n) is 3.97. The van der Waals surface area contributed by atoms with Crippen LogP contribution >= 0.6 is 0 Å². The average molecular weight is 329 g/mol. The van der Waals surface area contributed by atoms with Crippen molar-refractivity contribution < 1.29 is 19.4 Å². The molecule has 0 aliphatic rings. The third-order valence-corrected chi connectivity index (χ3v) is 3.97. The molecule has 0 aliphatic carbocycles. The van der Waals surface area contributed by atoms with E-state index < -0.39 is 18.2 Å². The Morgan fingerprint density at radius 1 is 0.826 bits per heavy atom. The summed E-state index contributed by atoms with van der Waals surface area (Å²) in [7, 11) is 0. The molecule has 136 valence electrons. The molecule has 0 fully saturated rings.